The number of amides is 2. The number of ether oxygens (including phenoxy) is 3. The Morgan fingerprint density at radius 2 is 1.92 bits per heavy atom. The summed E-state index contributed by atoms with van der Waals surface area (Å²) in [6.45, 7) is 3.01. The maximum atomic E-state index is 12.2. The van der Waals surface area contributed by atoms with Crippen molar-refractivity contribution in [3.63, 3.8) is 0 Å². The second-order valence-corrected chi connectivity index (χ2v) is 5.46. The SMILES string of the molecule is COc1cccc(NC(=O)NC(C)c2ccc3c(c2)OCCO3)c1. The van der Waals surface area contributed by atoms with Crippen LogP contribution in [0.3, 0.4) is 0 Å². The summed E-state index contributed by atoms with van der Waals surface area (Å²) < 4.78 is 16.2. The van der Waals surface area contributed by atoms with Gasteiger partial charge in [0.05, 0.1) is 13.2 Å². The number of hydrogen-bond acceptors (Lipinski definition) is 4. The molecule has 1 unspecified atom stereocenters. The summed E-state index contributed by atoms with van der Waals surface area (Å²) in [5.74, 6) is 2.13. The van der Waals surface area contributed by atoms with Crippen molar-refractivity contribution >= 4 is 11.7 Å². The third-order valence-electron chi connectivity index (χ3n) is 3.74. The standard InChI is InChI=1S/C18H20N2O4/c1-12(13-6-7-16-17(10-13)24-9-8-23-16)19-18(21)20-14-4-3-5-15(11-14)22-2/h3-7,10-12H,8-9H2,1-2H3,(H2,19,20,21). The molecule has 2 N–H and O–H groups in total. The van der Waals surface area contributed by atoms with Gasteiger partial charge in [-0.2, -0.15) is 0 Å². The zero-order valence-electron chi connectivity index (χ0n) is 13.7. The Balaban J connectivity index is 1.63. The van der Waals surface area contributed by atoms with E-state index in [1.165, 1.54) is 0 Å². The molecule has 0 aliphatic carbocycles. The lowest BCUT2D eigenvalue weighted by Gasteiger charge is -2.21. The van der Waals surface area contributed by atoms with Gasteiger partial charge in [0.1, 0.15) is 19.0 Å². The maximum Gasteiger partial charge on any atom is 0.319 e. The molecule has 3 rings (SSSR count). The average molecular weight is 328 g/mol. The van der Waals surface area contributed by atoms with E-state index in [-0.39, 0.29) is 12.1 Å². The molecule has 0 aromatic heterocycles. The van der Waals surface area contributed by atoms with Crippen molar-refractivity contribution in [1.82, 2.24) is 5.32 Å². The lowest BCUT2D eigenvalue weighted by atomic mass is 10.1. The van der Waals surface area contributed by atoms with Crippen LogP contribution in [0.25, 0.3) is 0 Å². The number of hydrogen-bond donors (Lipinski definition) is 2. The van der Waals surface area contributed by atoms with Gasteiger partial charge in [-0.1, -0.05) is 12.1 Å². The number of fused-ring (bicyclic) bond motifs is 1. The molecule has 2 aromatic carbocycles. The molecule has 2 amide bonds. The molecule has 1 aliphatic heterocycles. The van der Waals surface area contributed by atoms with Crippen LogP contribution in [0.5, 0.6) is 17.2 Å². The zero-order valence-corrected chi connectivity index (χ0v) is 13.7. The van der Waals surface area contributed by atoms with Crippen LogP contribution in [0.15, 0.2) is 42.5 Å². The van der Waals surface area contributed by atoms with Gasteiger partial charge in [0.15, 0.2) is 11.5 Å². The normalized spacial score (nSPS) is 13.8. The number of rotatable bonds is 4. The van der Waals surface area contributed by atoms with Crippen molar-refractivity contribution in [2.75, 3.05) is 25.6 Å². The molecule has 6 heteroatoms. The summed E-state index contributed by atoms with van der Waals surface area (Å²) in [4.78, 5) is 12.2. The highest BCUT2D eigenvalue weighted by Crippen LogP contribution is 2.32. The Morgan fingerprint density at radius 1 is 1.12 bits per heavy atom. The maximum absolute atomic E-state index is 12.2. The lowest BCUT2D eigenvalue weighted by molar-refractivity contribution is 0.171. The van der Waals surface area contributed by atoms with Crippen LogP contribution < -0.4 is 24.8 Å². The van der Waals surface area contributed by atoms with E-state index in [1.54, 1.807) is 19.2 Å². The number of urea groups is 1. The minimum absolute atomic E-state index is 0.175. The molecule has 2 aromatic rings. The predicted octanol–water partition coefficient (Wildman–Crippen LogP) is 3.35. The molecule has 0 fully saturated rings. The van der Waals surface area contributed by atoms with Crippen molar-refractivity contribution < 1.29 is 19.0 Å². The molecule has 0 radical (unpaired) electrons. The third-order valence-corrected chi connectivity index (χ3v) is 3.74. The highest BCUT2D eigenvalue weighted by atomic mass is 16.6. The van der Waals surface area contributed by atoms with E-state index in [2.05, 4.69) is 10.6 Å². The van der Waals surface area contributed by atoms with Gasteiger partial charge in [0.25, 0.3) is 0 Å². The number of carbonyl (C=O) groups excluding carboxylic acids is 1. The summed E-state index contributed by atoms with van der Waals surface area (Å²) in [5, 5.41) is 5.70. The Labute approximate surface area is 140 Å². The highest BCUT2D eigenvalue weighted by Gasteiger charge is 2.15. The van der Waals surface area contributed by atoms with Gasteiger partial charge in [-0.05, 0) is 36.8 Å². The van der Waals surface area contributed by atoms with Crippen molar-refractivity contribution in [3.05, 3.63) is 48.0 Å². The lowest BCUT2D eigenvalue weighted by Crippen LogP contribution is -2.31. The van der Waals surface area contributed by atoms with Gasteiger partial charge in [-0.3, -0.25) is 0 Å². The van der Waals surface area contributed by atoms with Crippen molar-refractivity contribution in [2.45, 2.75) is 13.0 Å². The Hall–Kier alpha value is -2.89. The summed E-state index contributed by atoms with van der Waals surface area (Å²) >= 11 is 0. The van der Waals surface area contributed by atoms with Crippen LogP contribution in [0, 0.1) is 0 Å². The Bertz CT molecular complexity index is 733. The van der Waals surface area contributed by atoms with E-state index in [0.717, 1.165) is 11.3 Å². The molecule has 6 nitrogen and oxygen atoms in total. The van der Waals surface area contributed by atoms with Crippen molar-refractivity contribution in [3.8, 4) is 17.2 Å². The summed E-state index contributed by atoms with van der Waals surface area (Å²) in [5.41, 5.74) is 1.61. The predicted molar refractivity (Wildman–Crippen MR) is 91.0 cm³/mol. The van der Waals surface area contributed by atoms with Gasteiger partial charge in [0.2, 0.25) is 0 Å². The molecule has 0 saturated carbocycles. The number of methoxy groups -OCH3 is 1. The highest BCUT2D eigenvalue weighted by molar-refractivity contribution is 5.89. The topological polar surface area (TPSA) is 68.8 Å². The fourth-order valence-electron chi connectivity index (χ4n) is 2.48. The van der Waals surface area contributed by atoms with Gasteiger partial charge in [-0.25, -0.2) is 4.79 Å². The molecule has 0 bridgehead atoms. The largest absolute Gasteiger partial charge is 0.497 e. The summed E-state index contributed by atoms with van der Waals surface area (Å²) in [6.07, 6.45) is 0. The van der Waals surface area contributed by atoms with Crippen LogP contribution >= 0.6 is 0 Å². The first-order valence-electron chi connectivity index (χ1n) is 7.77. The molecular formula is C18H20N2O4. The molecule has 1 heterocycles. The fraction of sp³-hybridized carbons (Fsp3) is 0.278. The number of anilines is 1. The van der Waals surface area contributed by atoms with E-state index in [9.17, 15) is 4.79 Å². The minimum Gasteiger partial charge on any atom is -0.497 e. The van der Waals surface area contributed by atoms with Gasteiger partial charge >= 0.3 is 6.03 Å². The molecule has 24 heavy (non-hydrogen) atoms. The molecule has 126 valence electrons. The molecule has 0 saturated heterocycles. The van der Waals surface area contributed by atoms with Crippen LogP contribution in [0.2, 0.25) is 0 Å². The van der Waals surface area contributed by atoms with E-state index in [0.29, 0.717) is 30.4 Å². The zero-order chi connectivity index (χ0) is 16.9. The van der Waals surface area contributed by atoms with Crippen LogP contribution in [0.1, 0.15) is 18.5 Å². The number of nitrogens with one attached hydrogen (secondary N) is 2. The van der Waals surface area contributed by atoms with Crippen LogP contribution in [-0.4, -0.2) is 26.4 Å². The first-order chi connectivity index (χ1) is 11.7. The van der Waals surface area contributed by atoms with Gasteiger partial charge < -0.3 is 24.8 Å². The second-order valence-electron chi connectivity index (χ2n) is 5.46. The van der Waals surface area contributed by atoms with Crippen LogP contribution in [0.4, 0.5) is 10.5 Å². The summed E-state index contributed by atoms with van der Waals surface area (Å²) in [6, 6.07) is 12.4. The molecule has 1 aliphatic rings. The van der Waals surface area contributed by atoms with Crippen molar-refractivity contribution in [1.29, 1.82) is 0 Å². The number of carbonyl (C=O) groups is 1. The van der Waals surface area contributed by atoms with Crippen molar-refractivity contribution in [2.24, 2.45) is 0 Å². The fourth-order valence-corrected chi connectivity index (χ4v) is 2.48. The number of benzene rings is 2. The first-order valence-corrected chi connectivity index (χ1v) is 7.77. The monoisotopic (exact) mass is 328 g/mol. The first kappa shape index (κ1) is 16.0. The van der Waals surface area contributed by atoms with Gasteiger partial charge in [0, 0.05) is 11.8 Å². The second kappa shape index (κ2) is 7.12. The Kier molecular flexibility index (Phi) is 4.74. The minimum atomic E-state index is -0.286. The van der Waals surface area contributed by atoms with E-state index >= 15 is 0 Å². The van der Waals surface area contributed by atoms with E-state index in [4.69, 9.17) is 14.2 Å². The van der Waals surface area contributed by atoms with E-state index in [1.807, 2.05) is 37.3 Å². The van der Waals surface area contributed by atoms with Gasteiger partial charge in [-0.15, -0.1) is 0 Å². The molecule has 1 atom stereocenters. The third kappa shape index (κ3) is 3.71. The van der Waals surface area contributed by atoms with Crippen LogP contribution in [-0.2, 0) is 0 Å². The average Bonchev–Trinajstić information content (AvgIpc) is 2.61. The van der Waals surface area contributed by atoms with E-state index < -0.39 is 0 Å². The summed E-state index contributed by atoms with van der Waals surface area (Å²) in [7, 11) is 1.59. The smallest absolute Gasteiger partial charge is 0.319 e. The quantitative estimate of drug-likeness (QED) is 0.903. The molecule has 0 spiro atoms. The molecular weight excluding hydrogens is 308 g/mol. The Morgan fingerprint density at radius 3 is 2.71 bits per heavy atom.